The third-order valence-corrected chi connectivity index (χ3v) is 9.05. The third kappa shape index (κ3) is 6.15. The maximum atomic E-state index is 11.7. The topological polar surface area (TPSA) is 61.8 Å². The van der Waals surface area contributed by atoms with Crippen LogP contribution in [-0.2, 0) is 9.84 Å². The van der Waals surface area contributed by atoms with Crippen LogP contribution in [0.1, 0.15) is 51.9 Å². The number of halogens is 1. The smallest absolute Gasteiger partial charge is 0.194 e. The number of hydrogen-bond donors (Lipinski definition) is 1. The van der Waals surface area contributed by atoms with E-state index in [0.29, 0.717) is 22.8 Å². The van der Waals surface area contributed by atoms with Crippen molar-refractivity contribution >= 4 is 51.5 Å². The lowest BCUT2D eigenvalue weighted by molar-refractivity contribution is 0.292. The Hall–Kier alpha value is 0.300. The van der Waals surface area contributed by atoms with Crippen LogP contribution in [0.2, 0.25) is 0 Å². The van der Waals surface area contributed by atoms with Crippen LogP contribution in [0, 0.1) is 5.92 Å². The van der Waals surface area contributed by atoms with Gasteiger partial charge in [-0.05, 0) is 31.6 Å². The van der Waals surface area contributed by atoms with E-state index in [1.807, 2.05) is 0 Å². The minimum absolute atomic E-state index is 0. The minimum Gasteiger partial charge on any atom is -0.356 e. The summed E-state index contributed by atoms with van der Waals surface area (Å²) in [6.07, 6.45) is 8.60. The van der Waals surface area contributed by atoms with Gasteiger partial charge in [-0.3, -0.25) is 4.99 Å². The van der Waals surface area contributed by atoms with Gasteiger partial charge in [0.15, 0.2) is 15.8 Å². The summed E-state index contributed by atoms with van der Waals surface area (Å²) in [6, 6.07) is 0. The van der Waals surface area contributed by atoms with Crippen molar-refractivity contribution in [1.29, 1.82) is 0 Å². The van der Waals surface area contributed by atoms with Gasteiger partial charge < -0.3 is 10.2 Å². The lowest BCUT2D eigenvalue weighted by Crippen LogP contribution is -2.53. The first-order chi connectivity index (χ1) is 12.0. The Morgan fingerprint density at radius 1 is 1.31 bits per heavy atom. The van der Waals surface area contributed by atoms with Gasteiger partial charge in [0, 0.05) is 36.7 Å². The van der Waals surface area contributed by atoms with Crippen molar-refractivity contribution in [2.45, 2.75) is 56.6 Å². The second-order valence-corrected chi connectivity index (χ2v) is 11.7. The zero-order valence-corrected chi connectivity index (χ0v) is 19.9. The van der Waals surface area contributed by atoms with Gasteiger partial charge in [-0.1, -0.05) is 26.2 Å². The molecule has 2 heterocycles. The standard InChI is InChI=1S/C18H33N3O2S2.HI/c1-2-9-19-17(20-13-16-6-12-25(22,23)14-16)21-10-11-24-18(15-21)7-4-3-5-8-18;/h16H,2-15H2,1H3,(H,19,20);1H. The molecule has 152 valence electrons. The average Bonchev–Trinajstić information content (AvgIpc) is 2.95. The van der Waals surface area contributed by atoms with Gasteiger partial charge in [-0.2, -0.15) is 11.8 Å². The molecular weight excluding hydrogens is 481 g/mol. The van der Waals surface area contributed by atoms with E-state index < -0.39 is 9.84 Å². The summed E-state index contributed by atoms with van der Waals surface area (Å²) < 4.78 is 23.8. The van der Waals surface area contributed by atoms with E-state index in [4.69, 9.17) is 4.99 Å². The number of aliphatic imine (C=N–C) groups is 1. The molecule has 3 rings (SSSR count). The van der Waals surface area contributed by atoms with E-state index >= 15 is 0 Å². The first-order valence-corrected chi connectivity index (χ1v) is 12.7. The van der Waals surface area contributed by atoms with Gasteiger partial charge in [-0.25, -0.2) is 8.42 Å². The summed E-state index contributed by atoms with van der Waals surface area (Å²) in [4.78, 5) is 7.31. The molecule has 1 saturated carbocycles. The molecule has 1 atom stereocenters. The zero-order valence-electron chi connectivity index (χ0n) is 15.9. The predicted octanol–water partition coefficient (Wildman–Crippen LogP) is 3.15. The molecule has 2 saturated heterocycles. The van der Waals surface area contributed by atoms with Crippen molar-refractivity contribution in [1.82, 2.24) is 10.2 Å². The number of nitrogens with zero attached hydrogens (tertiary/aromatic N) is 2. The first-order valence-electron chi connectivity index (χ1n) is 9.90. The summed E-state index contributed by atoms with van der Waals surface area (Å²) in [6.45, 7) is 5.88. The van der Waals surface area contributed by atoms with Crippen LogP contribution < -0.4 is 5.32 Å². The van der Waals surface area contributed by atoms with Crippen LogP contribution in [-0.4, -0.2) is 67.5 Å². The Morgan fingerprint density at radius 2 is 2.08 bits per heavy atom. The molecule has 1 unspecified atom stereocenters. The predicted molar refractivity (Wildman–Crippen MR) is 123 cm³/mol. The molecule has 0 aromatic rings. The van der Waals surface area contributed by atoms with Crippen LogP contribution in [0.15, 0.2) is 4.99 Å². The molecule has 5 nitrogen and oxygen atoms in total. The molecule has 1 spiro atoms. The molecule has 0 aromatic carbocycles. The van der Waals surface area contributed by atoms with E-state index in [0.717, 1.165) is 38.4 Å². The zero-order chi connectivity index (χ0) is 17.8. The summed E-state index contributed by atoms with van der Waals surface area (Å²) in [5.41, 5.74) is 0. The largest absolute Gasteiger partial charge is 0.356 e. The Morgan fingerprint density at radius 3 is 2.73 bits per heavy atom. The minimum atomic E-state index is -2.81. The number of thioether (sulfide) groups is 1. The molecule has 8 heteroatoms. The number of rotatable bonds is 4. The molecule has 0 amide bonds. The molecule has 26 heavy (non-hydrogen) atoms. The van der Waals surface area contributed by atoms with Gasteiger partial charge in [0.05, 0.1) is 11.5 Å². The highest BCUT2D eigenvalue weighted by Gasteiger charge is 2.38. The third-order valence-electron chi connectivity index (χ3n) is 5.67. The van der Waals surface area contributed by atoms with Crippen LogP contribution in [0.25, 0.3) is 0 Å². The fourth-order valence-corrected chi connectivity index (χ4v) is 7.68. The Bertz CT molecular complexity index is 571. The molecule has 2 aliphatic heterocycles. The van der Waals surface area contributed by atoms with E-state index in [1.165, 1.54) is 37.9 Å². The highest BCUT2D eigenvalue weighted by Crippen LogP contribution is 2.42. The summed E-state index contributed by atoms with van der Waals surface area (Å²) in [5.74, 6) is 3.04. The molecule has 1 N–H and O–H groups in total. The molecular formula is C18H34IN3O2S2. The molecule has 0 aromatic heterocycles. The molecule has 3 aliphatic rings. The number of guanidine groups is 1. The van der Waals surface area contributed by atoms with E-state index in [9.17, 15) is 8.42 Å². The van der Waals surface area contributed by atoms with Crippen molar-refractivity contribution in [2.75, 3.05) is 43.4 Å². The highest BCUT2D eigenvalue weighted by atomic mass is 127. The Labute approximate surface area is 180 Å². The van der Waals surface area contributed by atoms with E-state index in [2.05, 4.69) is 28.9 Å². The number of nitrogens with one attached hydrogen (secondary N) is 1. The van der Waals surface area contributed by atoms with E-state index in [-0.39, 0.29) is 29.9 Å². The van der Waals surface area contributed by atoms with E-state index in [1.54, 1.807) is 0 Å². The van der Waals surface area contributed by atoms with Crippen molar-refractivity contribution in [3.63, 3.8) is 0 Å². The second-order valence-electron chi connectivity index (χ2n) is 7.87. The van der Waals surface area contributed by atoms with Crippen LogP contribution >= 0.6 is 35.7 Å². The monoisotopic (exact) mass is 515 g/mol. The van der Waals surface area contributed by atoms with Crippen molar-refractivity contribution in [3.05, 3.63) is 0 Å². The van der Waals surface area contributed by atoms with Crippen molar-refractivity contribution in [3.8, 4) is 0 Å². The molecule has 0 radical (unpaired) electrons. The molecule has 1 aliphatic carbocycles. The number of sulfone groups is 1. The lowest BCUT2D eigenvalue weighted by atomic mass is 9.87. The summed E-state index contributed by atoms with van der Waals surface area (Å²) in [5, 5.41) is 3.52. The highest BCUT2D eigenvalue weighted by molar-refractivity contribution is 14.0. The van der Waals surface area contributed by atoms with Gasteiger partial charge in [-0.15, -0.1) is 24.0 Å². The lowest BCUT2D eigenvalue weighted by Gasteiger charge is -2.45. The quantitative estimate of drug-likeness (QED) is 0.354. The Kier molecular flexibility index (Phi) is 8.85. The van der Waals surface area contributed by atoms with Gasteiger partial charge in [0.2, 0.25) is 0 Å². The van der Waals surface area contributed by atoms with Gasteiger partial charge in [0.25, 0.3) is 0 Å². The normalized spacial score (nSPS) is 28.0. The number of hydrogen-bond acceptors (Lipinski definition) is 4. The molecule has 0 bridgehead atoms. The maximum absolute atomic E-state index is 11.7. The van der Waals surface area contributed by atoms with Gasteiger partial charge in [0.1, 0.15) is 0 Å². The second kappa shape index (κ2) is 10.2. The fraction of sp³-hybridized carbons (Fsp3) is 0.944. The van der Waals surface area contributed by atoms with Crippen molar-refractivity contribution in [2.24, 2.45) is 10.9 Å². The summed E-state index contributed by atoms with van der Waals surface area (Å²) >= 11 is 2.17. The van der Waals surface area contributed by atoms with Gasteiger partial charge >= 0.3 is 0 Å². The maximum Gasteiger partial charge on any atom is 0.194 e. The first kappa shape index (κ1) is 22.6. The van der Waals surface area contributed by atoms with Crippen LogP contribution in [0.5, 0.6) is 0 Å². The van der Waals surface area contributed by atoms with Crippen LogP contribution in [0.4, 0.5) is 0 Å². The fourth-order valence-electron chi connectivity index (χ4n) is 4.26. The molecule has 3 fully saturated rings. The van der Waals surface area contributed by atoms with Crippen molar-refractivity contribution < 1.29 is 8.42 Å². The average molecular weight is 516 g/mol. The Balaban J connectivity index is 0.00000243. The van der Waals surface area contributed by atoms with Crippen LogP contribution in [0.3, 0.4) is 0 Å². The SMILES string of the molecule is CCCNC(=NCC1CCS(=O)(=O)C1)N1CCSC2(CCCCC2)C1.I. The summed E-state index contributed by atoms with van der Waals surface area (Å²) in [7, 11) is -2.81.